The number of carbonyl (C=O) groups is 1. The lowest BCUT2D eigenvalue weighted by Gasteiger charge is -2.41. The van der Waals surface area contributed by atoms with E-state index in [2.05, 4.69) is 10.9 Å². The van der Waals surface area contributed by atoms with Gasteiger partial charge in [-0.25, -0.2) is 5.43 Å². The largest absolute Gasteiger partial charge is 0.398 e. The minimum Gasteiger partial charge on any atom is -0.398 e. The van der Waals surface area contributed by atoms with Crippen molar-refractivity contribution >= 4 is 23.2 Å². The Bertz CT molecular complexity index is 520. The summed E-state index contributed by atoms with van der Waals surface area (Å²) in [4.78, 5) is 11.9. The number of hydrogen-bond acceptors (Lipinski definition) is 3. The normalized spacial score (nSPS) is 29.6. The van der Waals surface area contributed by atoms with Crippen molar-refractivity contribution < 1.29 is 4.79 Å². The molecule has 3 rings (SSSR count). The number of benzene rings is 1. The van der Waals surface area contributed by atoms with E-state index in [4.69, 9.17) is 17.3 Å². The van der Waals surface area contributed by atoms with Crippen LogP contribution >= 0.6 is 11.6 Å². The maximum atomic E-state index is 11.9. The second kappa shape index (κ2) is 5.62. The molecule has 1 aliphatic carbocycles. The molecule has 108 valence electrons. The van der Waals surface area contributed by atoms with Gasteiger partial charge in [-0.1, -0.05) is 30.5 Å². The molecule has 1 heterocycles. The Morgan fingerprint density at radius 1 is 1.30 bits per heavy atom. The van der Waals surface area contributed by atoms with E-state index in [9.17, 15) is 4.79 Å². The Morgan fingerprint density at radius 2 is 2.10 bits per heavy atom. The number of halogens is 1. The SMILES string of the molecule is Nc1cc(CC2NNC(=O)C3CCCCC23)ccc1Cl. The fraction of sp³-hybridized carbons (Fsp3) is 0.533. The van der Waals surface area contributed by atoms with Gasteiger partial charge in [0.1, 0.15) is 0 Å². The van der Waals surface area contributed by atoms with E-state index in [1.54, 1.807) is 0 Å². The van der Waals surface area contributed by atoms with Crippen LogP contribution in [-0.4, -0.2) is 11.9 Å². The molecule has 3 atom stereocenters. The number of anilines is 1. The topological polar surface area (TPSA) is 67.2 Å². The van der Waals surface area contributed by atoms with Crippen LogP contribution in [0, 0.1) is 11.8 Å². The molecule has 1 aromatic carbocycles. The van der Waals surface area contributed by atoms with Crippen molar-refractivity contribution in [2.75, 3.05) is 5.73 Å². The van der Waals surface area contributed by atoms with E-state index in [0.717, 1.165) is 31.2 Å². The van der Waals surface area contributed by atoms with Gasteiger partial charge in [0.25, 0.3) is 0 Å². The minimum atomic E-state index is 0.154. The van der Waals surface area contributed by atoms with Crippen molar-refractivity contribution in [2.45, 2.75) is 38.1 Å². The number of hydrogen-bond donors (Lipinski definition) is 3. The molecule has 0 radical (unpaired) electrons. The second-order valence-corrected chi connectivity index (χ2v) is 6.26. The van der Waals surface area contributed by atoms with Crippen LogP contribution < -0.4 is 16.6 Å². The molecule has 0 spiro atoms. The zero-order valence-electron chi connectivity index (χ0n) is 11.4. The first-order valence-electron chi connectivity index (χ1n) is 7.24. The standard InChI is InChI=1S/C15H20ClN3O/c16-12-6-5-9(7-13(12)17)8-14-10-3-1-2-4-11(10)15(20)19-18-14/h5-7,10-11,14,18H,1-4,8,17H2,(H,19,20). The van der Waals surface area contributed by atoms with E-state index in [-0.39, 0.29) is 17.9 Å². The molecule has 4 N–H and O–H groups in total. The fourth-order valence-electron chi connectivity index (χ4n) is 3.51. The molecular weight excluding hydrogens is 274 g/mol. The molecule has 20 heavy (non-hydrogen) atoms. The summed E-state index contributed by atoms with van der Waals surface area (Å²) in [6.45, 7) is 0. The predicted molar refractivity (Wildman–Crippen MR) is 80.1 cm³/mol. The number of nitrogens with one attached hydrogen (secondary N) is 2. The molecule has 1 aromatic rings. The molecule has 1 saturated carbocycles. The zero-order chi connectivity index (χ0) is 14.1. The van der Waals surface area contributed by atoms with Crippen LogP contribution in [0.15, 0.2) is 18.2 Å². The summed E-state index contributed by atoms with van der Waals surface area (Å²) < 4.78 is 0. The van der Waals surface area contributed by atoms with Gasteiger partial charge >= 0.3 is 0 Å². The molecule has 2 fully saturated rings. The highest BCUT2D eigenvalue weighted by atomic mass is 35.5. The maximum absolute atomic E-state index is 11.9. The van der Waals surface area contributed by atoms with Crippen molar-refractivity contribution in [3.05, 3.63) is 28.8 Å². The van der Waals surface area contributed by atoms with Gasteiger partial charge in [0.05, 0.1) is 10.7 Å². The third-order valence-electron chi connectivity index (χ3n) is 4.57. The maximum Gasteiger partial charge on any atom is 0.237 e. The van der Waals surface area contributed by atoms with Gasteiger partial charge in [-0.3, -0.25) is 10.2 Å². The minimum absolute atomic E-state index is 0.154. The first kappa shape index (κ1) is 13.7. The Balaban J connectivity index is 1.75. The highest BCUT2D eigenvalue weighted by molar-refractivity contribution is 6.33. The molecule has 0 aromatic heterocycles. The molecule has 5 heteroatoms. The zero-order valence-corrected chi connectivity index (χ0v) is 12.1. The lowest BCUT2D eigenvalue weighted by atomic mass is 9.72. The molecule has 0 bridgehead atoms. The summed E-state index contributed by atoms with van der Waals surface area (Å²) in [6, 6.07) is 6.05. The Kier molecular flexibility index (Phi) is 3.85. The highest BCUT2D eigenvalue weighted by Gasteiger charge is 2.39. The number of hydrazine groups is 1. The first-order chi connectivity index (χ1) is 9.65. The lowest BCUT2D eigenvalue weighted by Crippen LogP contribution is -2.60. The van der Waals surface area contributed by atoms with E-state index in [0.29, 0.717) is 16.6 Å². The first-order valence-corrected chi connectivity index (χ1v) is 7.62. The van der Waals surface area contributed by atoms with Crippen LogP contribution in [0.5, 0.6) is 0 Å². The van der Waals surface area contributed by atoms with Crippen LogP contribution in [0.4, 0.5) is 5.69 Å². The van der Waals surface area contributed by atoms with Crippen LogP contribution in [0.3, 0.4) is 0 Å². The third kappa shape index (κ3) is 2.63. The highest BCUT2D eigenvalue weighted by Crippen LogP contribution is 2.35. The Morgan fingerprint density at radius 3 is 2.90 bits per heavy atom. The molecule has 1 saturated heterocycles. The number of nitrogen functional groups attached to an aromatic ring is 1. The monoisotopic (exact) mass is 293 g/mol. The summed E-state index contributed by atoms with van der Waals surface area (Å²) in [5.74, 6) is 0.746. The number of fused-ring (bicyclic) bond motifs is 1. The van der Waals surface area contributed by atoms with Gasteiger partial charge in [-0.15, -0.1) is 0 Å². The van der Waals surface area contributed by atoms with Gasteiger partial charge in [-0.05, 0) is 42.9 Å². The molecule has 1 aliphatic heterocycles. The predicted octanol–water partition coefficient (Wildman–Crippen LogP) is 2.27. The average molecular weight is 294 g/mol. The lowest BCUT2D eigenvalue weighted by molar-refractivity contribution is -0.133. The Labute approximate surface area is 124 Å². The van der Waals surface area contributed by atoms with E-state index in [1.807, 2.05) is 18.2 Å². The molecule has 3 unspecified atom stereocenters. The molecule has 1 amide bonds. The van der Waals surface area contributed by atoms with Gasteiger partial charge in [0, 0.05) is 12.0 Å². The summed E-state index contributed by atoms with van der Waals surface area (Å²) >= 11 is 5.96. The number of nitrogens with two attached hydrogens (primary N) is 1. The molecule has 4 nitrogen and oxygen atoms in total. The van der Waals surface area contributed by atoms with Crippen LogP contribution in [0.2, 0.25) is 5.02 Å². The summed E-state index contributed by atoms with van der Waals surface area (Å²) in [5.41, 5.74) is 13.6. The van der Waals surface area contributed by atoms with Crippen molar-refractivity contribution in [1.29, 1.82) is 0 Å². The average Bonchev–Trinajstić information content (AvgIpc) is 2.46. The van der Waals surface area contributed by atoms with Crippen LogP contribution in [-0.2, 0) is 11.2 Å². The van der Waals surface area contributed by atoms with Crippen molar-refractivity contribution in [1.82, 2.24) is 10.9 Å². The van der Waals surface area contributed by atoms with E-state index >= 15 is 0 Å². The van der Waals surface area contributed by atoms with Crippen molar-refractivity contribution in [3.63, 3.8) is 0 Å². The van der Waals surface area contributed by atoms with E-state index < -0.39 is 0 Å². The summed E-state index contributed by atoms with van der Waals surface area (Å²) in [7, 11) is 0. The van der Waals surface area contributed by atoms with Gasteiger partial charge in [0.2, 0.25) is 5.91 Å². The Hall–Kier alpha value is -1.26. The number of carbonyl (C=O) groups excluding carboxylic acids is 1. The van der Waals surface area contributed by atoms with Crippen LogP contribution in [0.1, 0.15) is 31.2 Å². The molecular formula is C15H20ClN3O. The fourth-order valence-corrected chi connectivity index (χ4v) is 3.62. The smallest absolute Gasteiger partial charge is 0.237 e. The summed E-state index contributed by atoms with van der Waals surface area (Å²) in [6.07, 6.45) is 5.38. The van der Waals surface area contributed by atoms with Crippen molar-refractivity contribution in [2.24, 2.45) is 11.8 Å². The number of amides is 1. The van der Waals surface area contributed by atoms with Gasteiger partial charge in [0.15, 0.2) is 0 Å². The number of rotatable bonds is 2. The van der Waals surface area contributed by atoms with Gasteiger partial charge in [-0.2, -0.15) is 0 Å². The van der Waals surface area contributed by atoms with Gasteiger partial charge < -0.3 is 5.73 Å². The second-order valence-electron chi connectivity index (χ2n) is 5.85. The third-order valence-corrected chi connectivity index (χ3v) is 4.91. The molecule has 2 aliphatic rings. The summed E-state index contributed by atoms with van der Waals surface area (Å²) in [5, 5.41) is 0.592. The van der Waals surface area contributed by atoms with E-state index in [1.165, 1.54) is 6.42 Å². The quantitative estimate of drug-likeness (QED) is 0.733. The van der Waals surface area contributed by atoms with Crippen LogP contribution in [0.25, 0.3) is 0 Å². The van der Waals surface area contributed by atoms with Crippen molar-refractivity contribution in [3.8, 4) is 0 Å².